The summed E-state index contributed by atoms with van der Waals surface area (Å²) in [6.07, 6.45) is 0. The van der Waals surface area contributed by atoms with E-state index in [1.54, 1.807) is 41.9 Å². The van der Waals surface area contributed by atoms with Crippen molar-refractivity contribution in [1.82, 2.24) is 10.4 Å². The zero-order valence-corrected chi connectivity index (χ0v) is 19.4. The van der Waals surface area contributed by atoms with E-state index >= 15 is 0 Å². The molecule has 0 saturated heterocycles. The lowest BCUT2D eigenvalue weighted by molar-refractivity contribution is -0.117. The zero-order valence-electron chi connectivity index (χ0n) is 19.4. The second kappa shape index (κ2) is 11.1. The molecule has 0 fully saturated rings. The van der Waals surface area contributed by atoms with E-state index in [0.717, 1.165) is 16.8 Å². The van der Waals surface area contributed by atoms with Crippen LogP contribution < -0.4 is 15.7 Å². The van der Waals surface area contributed by atoms with E-state index in [-0.39, 0.29) is 30.5 Å². The van der Waals surface area contributed by atoms with Crippen LogP contribution in [0.25, 0.3) is 0 Å². The number of hydrogen-bond acceptors (Lipinski definition) is 5. The van der Waals surface area contributed by atoms with Gasteiger partial charge in [-0.15, -0.1) is 0 Å². The first kappa shape index (κ1) is 24.5. The highest BCUT2D eigenvalue weighted by atomic mass is 16.5. The van der Waals surface area contributed by atoms with Crippen LogP contribution in [0.2, 0.25) is 0 Å². The lowest BCUT2D eigenvalue weighted by Crippen LogP contribution is -2.37. The summed E-state index contributed by atoms with van der Waals surface area (Å²) in [5.74, 6) is -1.24. The van der Waals surface area contributed by atoms with Crippen LogP contribution in [0.5, 0.6) is 0 Å². The van der Waals surface area contributed by atoms with Gasteiger partial charge >= 0.3 is 0 Å². The Morgan fingerprint density at radius 1 is 0.824 bits per heavy atom. The Kier molecular flexibility index (Phi) is 8.00. The predicted molar refractivity (Wildman–Crippen MR) is 131 cm³/mol. The maximum absolute atomic E-state index is 13.3. The summed E-state index contributed by atoms with van der Waals surface area (Å²) in [6, 6.07) is 21.0. The first-order chi connectivity index (χ1) is 16.3. The number of carbonyl (C=O) groups is 3. The van der Waals surface area contributed by atoms with Crippen LogP contribution in [-0.2, 0) is 11.3 Å². The zero-order chi connectivity index (χ0) is 24.7. The first-order valence-corrected chi connectivity index (χ1v) is 10.7. The third-order valence-electron chi connectivity index (χ3n) is 5.28. The number of aryl methyl sites for hydroxylation is 1. The van der Waals surface area contributed by atoms with Crippen LogP contribution in [0, 0.1) is 6.92 Å². The van der Waals surface area contributed by atoms with Crippen LogP contribution in [0.15, 0.2) is 72.8 Å². The molecule has 8 nitrogen and oxygen atoms in total. The lowest BCUT2D eigenvalue weighted by atomic mass is 10.1. The Labute approximate surface area is 198 Å². The minimum Gasteiger partial charge on any atom is -0.378 e. The van der Waals surface area contributed by atoms with Crippen LogP contribution >= 0.6 is 0 Å². The van der Waals surface area contributed by atoms with Gasteiger partial charge in [-0.2, -0.15) is 0 Å². The minimum absolute atomic E-state index is 0.152. The first-order valence-electron chi connectivity index (χ1n) is 10.7. The Hall–Kier alpha value is -4.17. The molecule has 0 aromatic heterocycles. The van der Waals surface area contributed by atoms with Crippen molar-refractivity contribution in [2.75, 3.05) is 30.9 Å². The summed E-state index contributed by atoms with van der Waals surface area (Å²) < 4.78 is 0. The third kappa shape index (κ3) is 6.43. The minimum atomic E-state index is -0.627. The van der Waals surface area contributed by atoms with Gasteiger partial charge in [-0.1, -0.05) is 29.8 Å². The Bertz CT molecular complexity index is 1140. The number of amides is 3. The van der Waals surface area contributed by atoms with E-state index < -0.39 is 5.91 Å². The molecular formula is C26H28N4O4. The highest BCUT2D eigenvalue weighted by Gasteiger charge is 2.20. The van der Waals surface area contributed by atoms with Crippen LogP contribution in [0.4, 0.5) is 11.4 Å². The normalized spacial score (nSPS) is 10.4. The van der Waals surface area contributed by atoms with Crippen molar-refractivity contribution >= 4 is 29.1 Å². The molecule has 0 aliphatic carbocycles. The van der Waals surface area contributed by atoms with Crippen molar-refractivity contribution in [1.29, 1.82) is 0 Å². The summed E-state index contributed by atoms with van der Waals surface area (Å²) in [6.45, 7) is 1.97. The van der Waals surface area contributed by atoms with Gasteiger partial charge in [0.15, 0.2) is 0 Å². The van der Waals surface area contributed by atoms with E-state index in [4.69, 9.17) is 5.21 Å². The fraction of sp³-hybridized carbons (Fsp3) is 0.192. The number of nitrogens with one attached hydrogen (secondary N) is 2. The van der Waals surface area contributed by atoms with Gasteiger partial charge in [-0.3, -0.25) is 19.6 Å². The smallest absolute Gasteiger partial charge is 0.274 e. The topological polar surface area (TPSA) is 102 Å². The van der Waals surface area contributed by atoms with Crippen molar-refractivity contribution in [3.8, 4) is 0 Å². The van der Waals surface area contributed by atoms with Crippen molar-refractivity contribution in [3.63, 3.8) is 0 Å². The van der Waals surface area contributed by atoms with Crippen molar-refractivity contribution < 1.29 is 19.6 Å². The van der Waals surface area contributed by atoms with E-state index in [1.807, 2.05) is 62.3 Å². The Morgan fingerprint density at radius 3 is 1.97 bits per heavy atom. The van der Waals surface area contributed by atoms with Gasteiger partial charge in [0.25, 0.3) is 11.8 Å². The van der Waals surface area contributed by atoms with Crippen molar-refractivity contribution in [2.24, 2.45) is 0 Å². The molecule has 34 heavy (non-hydrogen) atoms. The Balaban J connectivity index is 1.80. The van der Waals surface area contributed by atoms with Crippen LogP contribution in [0.3, 0.4) is 0 Å². The molecular weight excluding hydrogens is 432 g/mol. The molecule has 0 heterocycles. The molecule has 0 aliphatic rings. The summed E-state index contributed by atoms with van der Waals surface area (Å²) in [5.41, 5.74) is 5.75. The molecule has 0 atom stereocenters. The highest BCUT2D eigenvalue weighted by molar-refractivity contribution is 5.99. The molecule has 3 N–H and O–H groups in total. The van der Waals surface area contributed by atoms with Crippen LogP contribution in [-0.4, -0.2) is 48.5 Å². The summed E-state index contributed by atoms with van der Waals surface area (Å²) in [4.78, 5) is 41.0. The monoisotopic (exact) mass is 460 g/mol. The molecule has 0 radical (unpaired) electrons. The SMILES string of the molecule is Cc1ccc(NC(=O)CN(Cc2ccc(C(=O)NO)cc2)C(=O)c2ccc(N(C)C)cc2)cc1. The molecule has 0 spiro atoms. The number of rotatable bonds is 8. The number of anilines is 2. The molecule has 0 bridgehead atoms. The number of nitrogens with zero attached hydrogens (tertiary/aromatic N) is 2. The predicted octanol–water partition coefficient (Wildman–Crippen LogP) is 3.46. The van der Waals surface area contributed by atoms with Gasteiger partial charge in [0.1, 0.15) is 6.54 Å². The van der Waals surface area contributed by atoms with Crippen molar-refractivity contribution in [2.45, 2.75) is 13.5 Å². The summed E-state index contributed by atoms with van der Waals surface area (Å²) in [7, 11) is 3.83. The van der Waals surface area contributed by atoms with E-state index in [9.17, 15) is 14.4 Å². The third-order valence-corrected chi connectivity index (χ3v) is 5.28. The lowest BCUT2D eigenvalue weighted by Gasteiger charge is -2.23. The standard InChI is InChI=1S/C26H28N4O4/c1-18-4-12-22(13-5-18)27-24(31)17-30(16-19-6-8-20(9-7-19)25(32)28-34)26(33)21-10-14-23(15-11-21)29(2)3/h4-15,34H,16-17H2,1-3H3,(H,27,31)(H,28,32). The number of hydroxylamine groups is 1. The number of carbonyl (C=O) groups excluding carboxylic acids is 3. The second-order valence-corrected chi connectivity index (χ2v) is 8.15. The fourth-order valence-corrected chi connectivity index (χ4v) is 3.34. The molecule has 3 amide bonds. The maximum Gasteiger partial charge on any atom is 0.274 e. The van der Waals surface area contributed by atoms with Gasteiger partial charge in [0.2, 0.25) is 5.91 Å². The Morgan fingerprint density at radius 2 is 1.41 bits per heavy atom. The van der Waals surface area contributed by atoms with Crippen LogP contribution in [0.1, 0.15) is 31.8 Å². The average molecular weight is 461 g/mol. The highest BCUT2D eigenvalue weighted by Crippen LogP contribution is 2.16. The maximum atomic E-state index is 13.3. The summed E-state index contributed by atoms with van der Waals surface area (Å²) in [5, 5.41) is 11.6. The largest absolute Gasteiger partial charge is 0.378 e. The number of benzene rings is 3. The molecule has 8 heteroatoms. The van der Waals surface area contributed by atoms with Gasteiger partial charge in [-0.05, 0) is 61.0 Å². The van der Waals surface area contributed by atoms with E-state index in [0.29, 0.717) is 11.3 Å². The average Bonchev–Trinajstić information content (AvgIpc) is 2.84. The van der Waals surface area contributed by atoms with Gasteiger partial charge in [0, 0.05) is 43.1 Å². The van der Waals surface area contributed by atoms with Gasteiger partial charge in [0.05, 0.1) is 0 Å². The van der Waals surface area contributed by atoms with E-state index in [1.165, 1.54) is 4.90 Å². The van der Waals surface area contributed by atoms with Gasteiger partial charge in [-0.25, -0.2) is 5.48 Å². The molecule has 3 rings (SSSR count). The second-order valence-electron chi connectivity index (χ2n) is 8.15. The summed E-state index contributed by atoms with van der Waals surface area (Å²) >= 11 is 0. The molecule has 3 aromatic rings. The quantitative estimate of drug-likeness (QED) is 0.353. The molecule has 3 aromatic carbocycles. The molecule has 0 saturated carbocycles. The van der Waals surface area contributed by atoms with Crippen molar-refractivity contribution in [3.05, 3.63) is 95.1 Å². The molecule has 176 valence electrons. The molecule has 0 unspecified atom stereocenters. The fourth-order valence-electron chi connectivity index (χ4n) is 3.34. The number of hydrogen-bond donors (Lipinski definition) is 3. The van der Waals surface area contributed by atoms with Gasteiger partial charge < -0.3 is 15.1 Å². The molecule has 0 aliphatic heterocycles. The van der Waals surface area contributed by atoms with E-state index in [2.05, 4.69) is 5.32 Å².